The third-order valence-corrected chi connectivity index (χ3v) is 2.11. The summed E-state index contributed by atoms with van der Waals surface area (Å²) in [5, 5.41) is 8.18. The molecule has 3 nitrogen and oxygen atoms in total. The first-order chi connectivity index (χ1) is 8.57. The minimum atomic E-state index is -0.726. The van der Waals surface area contributed by atoms with E-state index < -0.39 is 5.97 Å². The summed E-state index contributed by atoms with van der Waals surface area (Å²) in [6.45, 7) is 3.59. The van der Waals surface area contributed by atoms with E-state index in [0.29, 0.717) is 6.42 Å². The fourth-order valence-electron chi connectivity index (χ4n) is 1.16. The summed E-state index contributed by atoms with van der Waals surface area (Å²) in [6, 6.07) is 9.23. The predicted octanol–water partition coefficient (Wildman–Crippen LogP) is 3.71. The molecule has 1 aromatic carbocycles. The number of allylic oxidation sites excluding steroid dienone is 2. The highest BCUT2D eigenvalue weighted by molar-refractivity contribution is 5.93. The van der Waals surface area contributed by atoms with E-state index >= 15 is 0 Å². The summed E-state index contributed by atoms with van der Waals surface area (Å²) in [6.07, 6.45) is 5.76. The van der Waals surface area contributed by atoms with Crippen LogP contribution in [0.2, 0.25) is 0 Å². The van der Waals surface area contributed by atoms with Crippen molar-refractivity contribution in [1.82, 2.24) is 0 Å². The maximum absolute atomic E-state index is 10.6. The Morgan fingerprint density at radius 1 is 1.17 bits per heavy atom. The van der Waals surface area contributed by atoms with Crippen molar-refractivity contribution < 1.29 is 14.7 Å². The quantitative estimate of drug-likeness (QED) is 0.638. The molecule has 0 aliphatic rings. The average molecular weight is 248 g/mol. The van der Waals surface area contributed by atoms with Crippen LogP contribution in [0.25, 0.3) is 0 Å². The number of rotatable bonds is 5. The lowest BCUT2D eigenvalue weighted by Crippen LogP contribution is -1.91. The molecule has 0 spiro atoms. The van der Waals surface area contributed by atoms with Crippen molar-refractivity contribution in [2.75, 3.05) is 0 Å². The first-order valence-corrected chi connectivity index (χ1v) is 6.00. The number of carbonyl (C=O) groups is 2. The molecule has 18 heavy (non-hydrogen) atoms. The van der Waals surface area contributed by atoms with Gasteiger partial charge < -0.3 is 5.11 Å². The molecule has 1 N–H and O–H groups in total. The van der Waals surface area contributed by atoms with Crippen molar-refractivity contribution in [3.8, 4) is 0 Å². The highest BCUT2D eigenvalue weighted by Crippen LogP contribution is 1.97. The summed E-state index contributed by atoms with van der Waals surface area (Å²) >= 11 is 0. The van der Waals surface area contributed by atoms with Gasteiger partial charge in [0, 0.05) is 12.0 Å². The largest absolute Gasteiger partial charge is 0.481 e. The molecule has 0 saturated heterocycles. The van der Waals surface area contributed by atoms with Crippen LogP contribution in [0.1, 0.15) is 43.5 Å². The molecule has 3 heteroatoms. The van der Waals surface area contributed by atoms with Crippen LogP contribution in [-0.2, 0) is 4.79 Å². The first-order valence-electron chi connectivity index (χ1n) is 6.00. The Morgan fingerprint density at radius 3 is 2.17 bits per heavy atom. The number of hydrogen-bond acceptors (Lipinski definition) is 2. The Hall–Kier alpha value is -1.90. The SMILES string of the molecule is CC(=O)c1ccccc1.CC/C=C\CCC(=O)O. The molecular weight excluding hydrogens is 228 g/mol. The topological polar surface area (TPSA) is 54.4 Å². The number of aliphatic carboxylic acids is 1. The molecule has 0 aliphatic carbocycles. The van der Waals surface area contributed by atoms with Gasteiger partial charge in [0.15, 0.2) is 5.78 Å². The van der Waals surface area contributed by atoms with Crippen molar-refractivity contribution in [3.63, 3.8) is 0 Å². The summed E-state index contributed by atoms with van der Waals surface area (Å²) in [5.41, 5.74) is 0.775. The summed E-state index contributed by atoms with van der Waals surface area (Å²) < 4.78 is 0. The number of Topliss-reactive ketones (excluding diaryl/α,β-unsaturated/α-hetero) is 1. The molecular formula is C15H20O3. The second-order valence-electron chi connectivity index (χ2n) is 3.73. The number of carboxylic acid groups (broad SMARTS) is 1. The van der Waals surface area contributed by atoms with Gasteiger partial charge in [-0.15, -0.1) is 0 Å². The molecule has 0 aromatic heterocycles. The van der Waals surface area contributed by atoms with Crippen LogP contribution in [0, 0.1) is 0 Å². The van der Waals surface area contributed by atoms with Gasteiger partial charge in [0.05, 0.1) is 0 Å². The molecule has 1 rings (SSSR count). The molecule has 98 valence electrons. The Balaban J connectivity index is 0.000000321. The van der Waals surface area contributed by atoms with Crippen LogP contribution in [0.3, 0.4) is 0 Å². The average Bonchev–Trinajstić information content (AvgIpc) is 2.36. The van der Waals surface area contributed by atoms with Gasteiger partial charge in [-0.25, -0.2) is 0 Å². The minimum Gasteiger partial charge on any atom is -0.481 e. The lowest BCUT2D eigenvalue weighted by atomic mass is 10.2. The van der Waals surface area contributed by atoms with E-state index in [9.17, 15) is 9.59 Å². The number of ketones is 1. The lowest BCUT2D eigenvalue weighted by Gasteiger charge is -1.89. The van der Waals surface area contributed by atoms with E-state index in [0.717, 1.165) is 12.0 Å². The number of carboxylic acids is 1. The molecule has 0 aliphatic heterocycles. The number of hydrogen-bond donors (Lipinski definition) is 1. The Labute approximate surface area is 108 Å². The van der Waals surface area contributed by atoms with Crippen LogP contribution >= 0.6 is 0 Å². The lowest BCUT2D eigenvalue weighted by molar-refractivity contribution is -0.136. The zero-order valence-electron chi connectivity index (χ0n) is 10.9. The molecule has 0 heterocycles. The monoisotopic (exact) mass is 248 g/mol. The van der Waals surface area contributed by atoms with Crippen LogP contribution < -0.4 is 0 Å². The van der Waals surface area contributed by atoms with E-state index in [4.69, 9.17) is 5.11 Å². The Bertz CT molecular complexity index is 380. The Kier molecular flexibility index (Phi) is 9.18. The van der Waals surface area contributed by atoms with Gasteiger partial charge in [-0.3, -0.25) is 9.59 Å². The van der Waals surface area contributed by atoms with E-state index in [1.54, 1.807) is 6.92 Å². The first kappa shape index (κ1) is 16.1. The standard InChI is InChI=1S/C8H8O.C7H12O2/c1-7(9)8-5-3-2-4-6-8;1-2-3-4-5-6-7(8)9/h2-6H,1H3;3-4H,2,5-6H2,1H3,(H,8,9)/b;4-3-. The smallest absolute Gasteiger partial charge is 0.303 e. The maximum Gasteiger partial charge on any atom is 0.303 e. The molecule has 0 atom stereocenters. The molecule has 0 unspecified atom stereocenters. The van der Waals surface area contributed by atoms with Crippen LogP contribution in [0.15, 0.2) is 42.5 Å². The molecule has 0 radical (unpaired) electrons. The Morgan fingerprint density at radius 2 is 1.78 bits per heavy atom. The minimum absolute atomic E-state index is 0.121. The summed E-state index contributed by atoms with van der Waals surface area (Å²) in [4.78, 5) is 20.6. The van der Waals surface area contributed by atoms with Crippen LogP contribution in [-0.4, -0.2) is 16.9 Å². The fourth-order valence-corrected chi connectivity index (χ4v) is 1.16. The van der Waals surface area contributed by atoms with Gasteiger partial charge in [-0.1, -0.05) is 49.4 Å². The highest BCUT2D eigenvalue weighted by Gasteiger charge is 1.92. The zero-order chi connectivity index (χ0) is 13.8. The third kappa shape index (κ3) is 9.33. The van der Waals surface area contributed by atoms with E-state index in [2.05, 4.69) is 0 Å². The van der Waals surface area contributed by atoms with Gasteiger partial charge in [-0.05, 0) is 19.8 Å². The molecule has 0 fully saturated rings. The van der Waals surface area contributed by atoms with Crippen LogP contribution in [0.5, 0.6) is 0 Å². The van der Waals surface area contributed by atoms with Crippen molar-refractivity contribution in [1.29, 1.82) is 0 Å². The third-order valence-electron chi connectivity index (χ3n) is 2.11. The molecule has 1 aromatic rings. The van der Waals surface area contributed by atoms with Crippen molar-refractivity contribution in [2.24, 2.45) is 0 Å². The summed E-state index contributed by atoms with van der Waals surface area (Å²) in [7, 11) is 0. The van der Waals surface area contributed by atoms with E-state index in [1.807, 2.05) is 49.4 Å². The fraction of sp³-hybridized carbons (Fsp3) is 0.333. The van der Waals surface area contributed by atoms with E-state index in [-0.39, 0.29) is 12.2 Å². The maximum atomic E-state index is 10.6. The molecule has 0 amide bonds. The van der Waals surface area contributed by atoms with Crippen molar-refractivity contribution in [2.45, 2.75) is 33.1 Å². The van der Waals surface area contributed by atoms with Gasteiger partial charge in [-0.2, -0.15) is 0 Å². The van der Waals surface area contributed by atoms with Gasteiger partial charge in [0.25, 0.3) is 0 Å². The number of carbonyl (C=O) groups excluding carboxylic acids is 1. The van der Waals surface area contributed by atoms with Crippen molar-refractivity contribution in [3.05, 3.63) is 48.0 Å². The predicted molar refractivity (Wildman–Crippen MR) is 72.7 cm³/mol. The van der Waals surface area contributed by atoms with Gasteiger partial charge >= 0.3 is 5.97 Å². The highest BCUT2D eigenvalue weighted by atomic mass is 16.4. The normalized spacial score (nSPS) is 9.67. The van der Waals surface area contributed by atoms with Crippen molar-refractivity contribution >= 4 is 11.8 Å². The molecule has 0 saturated carbocycles. The second-order valence-corrected chi connectivity index (χ2v) is 3.73. The van der Waals surface area contributed by atoms with Gasteiger partial charge in [0.2, 0.25) is 0 Å². The molecule has 0 bridgehead atoms. The zero-order valence-corrected chi connectivity index (χ0v) is 10.9. The van der Waals surface area contributed by atoms with E-state index in [1.165, 1.54) is 0 Å². The second kappa shape index (κ2) is 10.3. The van der Waals surface area contributed by atoms with Crippen LogP contribution in [0.4, 0.5) is 0 Å². The number of benzene rings is 1. The summed E-state index contributed by atoms with van der Waals surface area (Å²) in [5.74, 6) is -0.605. The van der Waals surface area contributed by atoms with Gasteiger partial charge in [0.1, 0.15) is 0 Å².